The largest absolute Gasteiger partial charge is 0.481 e. The van der Waals surface area contributed by atoms with E-state index in [1.54, 1.807) is 19.6 Å². The van der Waals surface area contributed by atoms with Crippen LogP contribution in [0.2, 0.25) is 0 Å². The van der Waals surface area contributed by atoms with Gasteiger partial charge in [-0.3, -0.25) is 0 Å². The maximum Gasteiger partial charge on any atom is 0.210 e. The Labute approximate surface area is 60.4 Å². The van der Waals surface area contributed by atoms with Gasteiger partial charge in [0.2, 0.25) is 5.88 Å². The summed E-state index contributed by atoms with van der Waals surface area (Å²) in [4.78, 5) is 6.47. The monoisotopic (exact) mass is 143 g/mol. The molecule has 0 unspecified atom stereocenters. The third kappa shape index (κ3) is 3.91. The van der Waals surface area contributed by atoms with E-state index in [-0.39, 0.29) is 0 Å². The zero-order chi connectivity index (χ0) is 7.82. The van der Waals surface area contributed by atoms with E-state index < -0.39 is 0 Å². The van der Waals surface area contributed by atoms with Gasteiger partial charge in [-0.2, -0.15) is 0 Å². The number of ether oxygens (including phenoxy) is 1. The normalized spacial score (nSPS) is 7.90. The molecule has 0 aliphatic heterocycles. The molecule has 3 N–H and O–H groups in total. The molecule has 4 heteroatoms. The average molecular weight is 143 g/mol. The number of hydrogen-bond acceptors (Lipinski definition) is 3. The standard InChI is InChI=1S/C4H6N2O.C2H7N/c1-7-4-2-5-3-6-4;1-2-3/h2-3H,1H3,(H,5,6);2-3H2,1H3. The van der Waals surface area contributed by atoms with Gasteiger partial charge in [0.1, 0.15) is 0 Å². The number of imidazole rings is 1. The van der Waals surface area contributed by atoms with Crippen LogP contribution in [0.25, 0.3) is 0 Å². The van der Waals surface area contributed by atoms with Gasteiger partial charge in [-0.25, -0.2) is 4.98 Å². The molecule has 1 aromatic rings. The molecule has 58 valence electrons. The summed E-state index contributed by atoms with van der Waals surface area (Å²) in [6.45, 7) is 2.65. The molecule has 0 spiro atoms. The van der Waals surface area contributed by atoms with Gasteiger partial charge in [-0.1, -0.05) is 6.92 Å². The quantitative estimate of drug-likeness (QED) is 0.597. The van der Waals surface area contributed by atoms with E-state index in [0.717, 1.165) is 6.54 Å². The fraction of sp³-hybridized carbons (Fsp3) is 0.500. The fourth-order valence-corrected chi connectivity index (χ4v) is 0.355. The Hall–Kier alpha value is -1.03. The molecule has 0 aliphatic carbocycles. The maximum atomic E-state index is 4.85. The summed E-state index contributed by atoms with van der Waals surface area (Å²) >= 11 is 0. The molecule has 0 bridgehead atoms. The van der Waals surface area contributed by atoms with Gasteiger partial charge in [0, 0.05) is 0 Å². The van der Waals surface area contributed by atoms with Crippen molar-refractivity contribution in [1.29, 1.82) is 0 Å². The first-order valence-electron chi connectivity index (χ1n) is 3.07. The summed E-state index contributed by atoms with van der Waals surface area (Å²) in [5.74, 6) is 0.694. The van der Waals surface area contributed by atoms with E-state index in [1.807, 2.05) is 6.92 Å². The van der Waals surface area contributed by atoms with Crippen LogP contribution in [0, 0.1) is 0 Å². The molecule has 0 aromatic carbocycles. The van der Waals surface area contributed by atoms with Gasteiger partial charge < -0.3 is 15.5 Å². The molecule has 1 heterocycles. The Morgan fingerprint density at radius 1 is 1.80 bits per heavy atom. The van der Waals surface area contributed by atoms with Crippen molar-refractivity contribution >= 4 is 0 Å². The Bertz CT molecular complexity index is 139. The molecular weight excluding hydrogens is 130 g/mol. The molecule has 0 radical (unpaired) electrons. The molecule has 0 amide bonds. The Kier molecular flexibility index (Phi) is 5.47. The summed E-state index contributed by atoms with van der Waals surface area (Å²) < 4.78 is 4.74. The molecule has 1 rings (SSSR count). The highest BCUT2D eigenvalue weighted by Crippen LogP contribution is 1.97. The van der Waals surface area contributed by atoms with Gasteiger partial charge in [0.05, 0.1) is 19.6 Å². The minimum atomic E-state index is 0.694. The first kappa shape index (κ1) is 8.97. The molecular formula is C6H13N3O. The topological polar surface area (TPSA) is 63.9 Å². The lowest BCUT2D eigenvalue weighted by Crippen LogP contribution is -1.87. The lowest BCUT2D eigenvalue weighted by Gasteiger charge is -1.86. The van der Waals surface area contributed by atoms with Crippen molar-refractivity contribution in [3.8, 4) is 5.88 Å². The van der Waals surface area contributed by atoms with Crippen molar-refractivity contribution < 1.29 is 4.74 Å². The van der Waals surface area contributed by atoms with Gasteiger partial charge in [0.25, 0.3) is 0 Å². The third-order valence-corrected chi connectivity index (χ3v) is 0.693. The van der Waals surface area contributed by atoms with Gasteiger partial charge in [0.15, 0.2) is 0 Å². The van der Waals surface area contributed by atoms with E-state index in [4.69, 9.17) is 10.5 Å². The molecule has 1 aromatic heterocycles. The first-order valence-corrected chi connectivity index (χ1v) is 3.07. The van der Waals surface area contributed by atoms with Gasteiger partial charge >= 0.3 is 0 Å². The van der Waals surface area contributed by atoms with Crippen molar-refractivity contribution in [2.75, 3.05) is 13.7 Å². The van der Waals surface area contributed by atoms with Crippen LogP contribution in [0.1, 0.15) is 6.92 Å². The summed E-state index contributed by atoms with van der Waals surface area (Å²) in [6, 6.07) is 0. The molecule has 0 saturated carbocycles. The molecule has 0 fully saturated rings. The third-order valence-electron chi connectivity index (χ3n) is 0.693. The van der Waals surface area contributed by atoms with E-state index in [9.17, 15) is 0 Å². The van der Waals surface area contributed by atoms with Crippen LogP contribution in [0.4, 0.5) is 0 Å². The Morgan fingerprint density at radius 3 is 2.60 bits per heavy atom. The van der Waals surface area contributed by atoms with Crippen LogP contribution in [0.5, 0.6) is 5.88 Å². The number of nitrogens with one attached hydrogen (secondary N) is 1. The van der Waals surface area contributed by atoms with E-state index in [0.29, 0.717) is 5.88 Å². The van der Waals surface area contributed by atoms with E-state index >= 15 is 0 Å². The van der Waals surface area contributed by atoms with Crippen LogP contribution in [0.15, 0.2) is 12.5 Å². The highest BCUT2D eigenvalue weighted by molar-refractivity contribution is 4.99. The zero-order valence-electron chi connectivity index (χ0n) is 6.29. The number of H-pyrrole nitrogens is 1. The number of nitrogens with two attached hydrogens (primary N) is 1. The summed E-state index contributed by atoms with van der Waals surface area (Å²) in [5.41, 5.74) is 4.85. The highest BCUT2D eigenvalue weighted by atomic mass is 16.5. The van der Waals surface area contributed by atoms with Crippen molar-refractivity contribution in [1.82, 2.24) is 9.97 Å². The van der Waals surface area contributed by atoms with Crippen LogP contribution in [-0.2, 0) is 0 Å². The Morgan fingerprint density at radius 2 is 2.40 bits per heavy atom. The minimum absolute atomic E-state index is 0.694. The van der Waals surface area contributed by atoms with Gasteiger partial charge in [-0.05, 0) is 6.54 Å². The minimum Gasteiger partial charge on any atom is -0.481 e. The van der Waals surface area contributed by atoms with E-state index in [1.165, 1.54) is 0 Å². The van der Waals surface area contributed by atoms with Crippen molar-refractivity contribution in [2.24, 2.45) is 5.73 Å². The number of nitrogens with zero attached hydrogens (tertiary/aromatic N) is 1. The smallest absolute Gasteiger partial charge is 0.210 e. The van der Waals surface area contributed by atoms with Crippen molar-refractivity contribution in [3.05, 3.63) is 12.5 Å². The average Bonchev–Trinajstić information content (AvgIpc) is 2.39. The van der Waals surface area contributed by atoms with E-state index in [2.05, 4.69) is 9.97 Å². The number of aromatic amines is 1. The number of rotatable bonds is 1. The predicted octanol–water partition coefficient (Wildman–Crippen LogP) is 0.383. The lowest BCUT2D eigenvalue weighted by atomic mass is 10.8. The number of hydrogen-bond donors (Lipinski definition) is 2. The molecule has 0 saturated heterocycles. The lowest BCUT2D eigenvalue weighted by molar-refractivity contribution is 0.400. The molecule has 10 heavy (non-hydrogen) atoms. The summed E-state index contributed by atoms with van der Waals surface area (Å²) in [6.07, 6.45) is 3.18. The van der Waals surface area contributed by atoms with Gasteiger partial charge in [-0.15, -0.1) is 0 Å². The fourth-order valence-electron chi connectivity index (χ4n) is 0.355. The SMILES string of the molecule is CCN.COc1cnc[nH]1. The highest BCUT2D eigenvalue weighted by Gasteiger charge is 1.82. The van der Waals surface area contributed by atoms with Crippen molar-refractivity contribution in [2.45, 2.75) is 6.92 Å². The second-order valence-electron chi connectivity index (χ2n) is 1.53. The summed E-state index contributed by atoms with van der Waals surface area (Å²) in [5, 5.41) is 0. The van der Waals surface area contributed by atoms with Crippen LogP contribution < -0.4 is 10.5 Å². The van der Waals surface area contributed by atoms with Crippen LogP contribution in [0.3, 0.4) is 0 Å². The van der Waals surface area contributed by atoms with Crippen molar-refractivity contribution in [3.63, 3.8) is 0 Å². The van der Waals surface area contributed by atoms with Crippen LogP contribution >= 0.6 is 0 Å². The molecule has 0 atom stereocenters. The first-order chi connectivity index (χ1) is 4.85. The number of aromatic nitrogens is 2. The number of methoxy groups -OCH3 is 1. The zero-order valence-corrected chi connectivity index (χ0v) is 6.29. The maximum absolute atomic E-state index is 4.85. The molecule has 4 nitrogen and oxygen atoms in total. The van der Waals surface area contributed by atoms with Crippen LogP contribution in [-0.4, -0.2) is 23.6 Å². The second kappa shape index (κ2) is 6.10. The second-order valence-corrected chi connectivity index (χ2v) is 1.53. The predicted molar refractivity (Wildman–Crippen MR) is 39.9 cm³/mol. The molecule has 0 aliphatic rings. The summed E-state index contributed by atoms with van der Waals surface area (Å²) in [7, 11) is 1.59. The Balaban J connectivity index is 0.000000236.